The van der Waals surface area contributed by atoms with Crippen LogP contribution in [0.5, 0.6) is 0 Å². The van der Waals surface area contributed by atoms with Crippen molar-refractivity contribution in [2.75, 3.05) is 0 Å². The van der Waals surface area contributed by atoms with E-state index in [9.17, 15) is 0 Å². The van der Waals surface area contributed by atoms with Gasteiger partial charge in [-0.3, -0.25) is 0 Å². The average Bonchev–Trinajstić information content (AvgIpc) is 3.35. The summed E-state index contributed by atoms with van der Waals surface area (Å²) >= 11 is 0. The predicted molar refractivity (Wildman–Crippen MR) is 155 cm³/mol. The Balaban J connectivity index is 1.53. The standard InChI is InChI=1S/C36H32/c1-24-9-14-27(15-10-24)31-21-34(29-16-11-25(2)12-17-29)36(22-31)32-20-30-18-13-26(3)19-33(30)35(23-32)28-7-5-4-6-8-28/h4-20,22-23,34,36H,21H2,1-3H3. The van der Waals surface area contributed by atoms with Gasteiger partial charge >= 0.3 is 0 Å². The second-order valence-corrected chi connectivity index (χ2v) is 10.5. The SMILES string of the molecule is Cc1ccc(C2=CC(c3cc(-c4ccccc4)c4cc(C)ccc4c3)C(c3ccc(C)cc3)C2)cc1. The third-order valence-electron chi connectivity index (χ3n) is 7.78. The summed E-state index contributed by atoms with van der Waals surface area (Å²) in [5.41, 5.74) is 12.2. The van der Waals surface area contributed by atoms with E-state index in [0.29, 0.717) is 11.8 Å². The first-order valence-electron chi connectivity index (χ1n) is 13.0. The van der Waals surface area contributed by atoms with Gasteiger partial charge in [0.2, 0.25) is 0 Å². The zero-order valence-corrected chi connectivity index (χ0v) is 21.3. The Bertz CT molecular complexity index is 1550. The van der Waals surface area contributed by atoms with Crippen molar-refractivity contribution in [2.24, 2.45) is 0 Å². The summed E-state index contributed by atoms with van der Waals surface area (Å²) < 4.78 is 0. The largest absolute Gasteiger partial charge is 0.0725 e. The zero-order valence-electron chi connectivity index (χ0n) is 21.3. The van der Waals surface area contributed by atoms with Gasteiger partial charge in [0.25, 0.3) is 0 Å². The lowest BCUT2D eigenvalue weighted by molar-refractivity contribution is 0.669. The highest BCUT2D eigenvalue weighted by molar-refractivity contribution is 5.98. The minimum absolute atomic E-state index is 0.331. The predicted octanol–water partition coefficient (Wildman–Crippen LogP) is 9.79. The number of rotatable bonds is 4. The van der Waals surface area contributed by atoms with Crippen LogP contribution in [-0.2, 0) is 0 Å². The smallest absolute Gasteiger partial charge is 0.00963 e. The Morgan fingerprint density at radius 3 is 1.94 bits per heavy atom. The molecule has 2 atom stereocenters. The molecule has 0 fully saturated rings. The first-order chi connectivity index (χ1) is 17.5. The molecular weight excluding hydrogens is 432 g/mol. The van der Waals surface area contributed by atoms with Gasteiger partial charge in [-0.1, -0.05) is 126 Å². The van der Waals surface area contributed by atoms with Crippen molar-refractivity contribution >= 4 is 16.3 Å². The Morgan fingerprint density at radius 2 is 1.22 bits per heavy atom. The molecule has 1 aliphatic carbocycles. The molecule has 0 N–H and O–H groups in total. The molecular formula is C36H32. The molecule has 0 saturated carbocycles. The van der Waals surface area contributed by atoms with Crippen LogP contribution in [0.25, 0.3) is 27.5 Å². The average molecular weight is 465 g/mol. The lowest BCUT2D eigenvalue weighted by Gasteiger charge is -2.22. The monoisotopic (exact) mass is 464 g/mol. The minimum atomic E-state index is 0.331. The van der Waals surface area contributed by atoms with E-state index in [0.717, 1.165) is 6.42 Å². The molecule has 0 aromatic heterocycles. The maximum absolute atomic E-state index is 2.54. The maximum atomic E-state index is 2.54. The number of aryl methyl sites for hydroxylation is 3. The first kappa shape index (κ1) is 22.6. The van der Waals surface area contributed by atoms with Crippen LogP contribution in [-0.4, -0.2) is 0 Å². The fourth-order valence-corrected chi connectivity index (χ4v) is 5.76. The molecule has 0 aliphatic heterocycles. The van der Waals surface area contributed by atoms with Gasteiger partial charge in [-0.15, -0.1) is 0 Å². The second kappa shape index (κ2) is 9.28. The zero-order chi connectivity index (χ0) is 24.6. The quantitative estimate of drug-likeness (QED) is 0.248. The van der Waals surface area contributed by atoms with Crippen LogP contribution < -0.4 is 0 Å². The topological polar surface area (TPSA) is 0 Å². The molecule has 0 amide bonds. The Kier molecular flexibility index (Phi) is 5.82. The molecule has 0 heterocycles. The Morgan fingerprint density at radius 1 is 0.556 bits per heavy atom. The van der Waals surface area contributed by atoms with Gasteiger partial charge in [0.15, 0.2) is 0 Å². The van der Waals surface area contributed by atoms with Gasteiger partial charge in [0.05, 0.1) is 0 Å². The van der Waals surface area contributed by atoms with Crippen LogP contribution in [0, 0.1) is 20.8 Å². The lowest BCUT2D eigenvalue weighted by Crippen LogP contribution is -2.06. The van der Waals surface area contributed by atoms with Crippen molar-refractivity contribution in [1.29, 1.82) is 0 Å². The van der Waals surface area contributed by atoms with Crippen LogP contribution in [0.15, 0.2) is 115 Å². The van der Waals surface area contributed by atoms with Gasteiger partial charge in [0.1, 0.15) is 0 Å². The highest BCUT2D eigenvalue weighted by Crippen LogP contribution is 2.49. The fraction of sp³-hybridized carbons (Fsp3) is 0.167. The van der Waals surface area contributed by atoms with Crippen LogP contribution in [0.1, 0.15) is 51.6 Å². The summed E-state index contributed by atoms with van der Waals surface area (Å²) in [7, 11) is 0. The van der Waals surface area contributed by atoms with E-state index >= 15 is 0 Å². The van der Waals surface area contributed by atoms with Crippen molar-refractivity contribution in [3.8, 4) is 11.1 Å². The highest BCUT2D eigenvalue weighted by atomic mass is 14.3. The molecule has 0 radical (unpaired) electrons. The molecule has 5 aromatic rings. The van der Waals surface area contributed by atoms with Crippen molar-refractivity contribution in [3.05, 3.63) is 149 Å². The van der Waals surface area contributed by atoms with E-state index in [1.165, 1.54) is 60.9 Å². The number of hydrogen-bond acceptors (Lipinski definition) is 0. The van der Waals surface area contributed by atoms with E-state index in [2.05, 4.69) is 136 Å². The fourth-order valence-electron chi connectivity index (χ4n) is 5.76. The third-order valence-corrected chi connectivity index (χ3v) is 7.78. The summed E-state index contributed by atoms with van der Waals surface area (Å²) in [6.07, 6.45) is 3.60. The van der Waals surface area contributed by atoms with E-state index in [-0.39, 0.29) is 0 Å². The molecule has 2 unspecified atom stereocenters. The van der Waals surface area contributed by atoms with Crippen LogP contribution in [0.2, 0.25) is 0 Å². The van der Waals surface area contributed by atoms with E-state index in [1.807, 2.05) is 0 Å². The van der Waals surface area contributed by atoms with Crippen LogP contribution >= 0.6 is 0 Å². The molecule has 0 bridgehead atoms. The Hall–Kier alpha value is -3.90. The number of hydrogen-bond donors (Lipinski definition) is 0. The number of allylic oxidation sites excluding steroid dienone is 2. The molecule has 1 aliphatic rings. The summed E-state index contributed by atoms with van der Waals surface area (Å²) in [4.78, 5) is 0. The van der Waals surface area contributed by atoms with Gasteiger partial charge in [-0.2, -0.15) is 0 Å². The van der Waals surface area contributed by atoms with Crippen molar-refractivity contribution < 1.29 is 0 Å². The van der Waals surface area contributed by atoms with Crippen LogP contribution in [0.4, 0.5) is 0 Å². The normalized spacial score (nSPS) is 17.4. The minimum Gasteiger partial charge on any atom is -0.0725 e. The molecule has 5 aromatic carbocycles. The van der Waals surface area contributed by atoms with Crippen molar-refractivity contribution in [3.63, 3.8) is 0 Å². The number of fused-ring (bicyclic) bond motifs is 1. The summed E-state index contributed by atoms with van der Waals surface area (Å²) in [6.45, 7) is 6.51. The molecule has 0 nitrogen and oxygen atoms in total. The summed E-state index contributed by atoms with van der Waals surface area (Å²) in [5.74, 6) is 0.755. The molecule has 36 heavy (non-hydrogen) atoms. The second-order valence-electron chi connectivity index (χ2n) is 10.5. The van der Waals surface area contributed by atoms with E-state index in [1.54, 1.807) is 0 Å². The summed E-state index contributed by atoms with van der Waals surface area (Å²) in [5, 5.41) is 2.65. The molecule has 176 valence electrons. The van der Waals surface area contributed by atoms with Gasteiger partial charge in [-0.05, 0) is 83.3 Å². The van der Waals surface area contributed by atoms with Crippen LogP contribution in [0.3, 0.4) is 0 Å². The van der Waals surface area contributed by atoms with Gasteiger partial charge in [0, 0.05) is 5.92 Å². The van der Waals surface area contributed by atoms with Crippen molar-refractivity contribution in [1.82, 2.24) is 0 Å². The molecule has 0 heteroatoms. The lowest BCUT2D eigenvalue weighted by atomic mass is 9.81. The molecule has 0 saturated heterocycles. The summed E-state index contributed by atoms with van der Waals surface area (Å²) in [6, 6.07) is 40.8. The van der Waals surface area contributed by atoms with Crippen molar-refractivity contribution in [2.45, 2.75) is 39.0 Å². The van der Waals surface area contributed by atoms with Gasteiger partial charge in [-0.25, -0.2) is 0 Å². The molecule has 6 rings (SSSR count). The maximum Gasteiger partial charge on any atom is 0.00963 e. The number of benzene rings is 5. The Labute approximate surface area is 215 Å². The first-order valence-corrected chi connectivity index (χ1v) is 13.0. The third kappa shape index (κ3) is 4.29. The highest BCUT2D eigenvalue weighted by Gasteiger charge is 2.31. The van der Waals surface area contributed by atoms with E-state index < -0.39 is 0 Å². The van der Waals surface area contributed by atoms with E-state index in [4.69, 9.17) is 0 Å². The van der Waals surface area contributed by atoms with Gasteiger partial charge < -0.3 is 0 Å². The molecule has 0 spiro atoms.